The van der Waals surface area contributed by atoms with Crippen molar-refractivity contribution in [3.05, 3.63) is 37.2 Å². The van der Waals surface area contributed by atoms with E-state index in [0.717, 1.165) is 15.8 Å². The van der Waals surface area contributed by atoms with Crippen LogP contribution in [0.2, 0.25) is 5.02 Å². The number of pyridine rings is 1. The molecule has 0 spiro atoms. The van der Waals surface area contributed by atoms with Crippen LogP contribution in [-0.2, 0) is 10.0 Å². The van der Waals surface area contributed by atoms with Crippen molar-refractivity contribution in [3.8, 4) is 0 Å². The third kappa shape index (κ3) is 3.49. The van der Waals surface area contributed by atoms with Crippen LogP contribution in [0.4, 0.5) is 5.82 Å². The quantitative estimate of drug-likeness (QED) is 0.759. The van der Waals surface area contributed by atoms with Crippen molar-refractivity contribution in [2.45, 2.75) is 11.1 Å². The van der Waals surface area contributed by atoms with Crippen molar-refractivity contribution in [1.29, 1.82) is 0 Å². The number of rotatable bonds is 3. The molecule has 0 aliphatic carbocycles. The summed E-state index contributed by atoms with van der Waals surface area (Å²) in [7, 11) is -3.67. The van der Waals surface area contributed by atoms with Gasteiger partial charge in [0.1, 0.15) is 10.0 Å². The molecule has 0 aromatic carbocycles. The van der Waals surface area contributed by atoms with Crippen LogP contribution in [0.5, 0.6) is 0 Å². The summed E-state index contributed by atoms with van der Waals surface area (Å²) in [6.45, 7) is 1.78. The summed E-state index contributed by atoms with van der Waals surface area (Å²) < 4.78 is 28.2. The molecule has 0 fully saturated rings. The summed E-state index contributed by atoms with van der Waals surface area (Å²) in [5.41, 5.74) is 0.700. The molecular formula is C10H7Br2ClN2O2S2. The summed E-state index contributed by atoms with van der Waals surface area (Å²) >= 11 is 13.4. The van der Waals surface area contributed by atoms with Crippen LogP contribution < -0.4 is 4.72 Å². The Hall–Kier alpha value is -0.150. The number of thiophene rings is 1. The fraction of sp³-hybridized carbons (Fsp3) is 0.100. The van der Waals surface area contributed by atoms with Crippen LogP contribution >= 0.6 is 54.8 Å². The minimum absolute atomic E-state index is 0.131. The lowest BCUT2D eigenvalue weighted by Crippen LogP contribution is -2.12. The minimum atomic E-state index is -3.67. The lowest BCUT2D eigenvalue weighted by Gasteiger charge is -2.06. The normalized spacial score (nSPS) is 11.6. The summed E-state index contributed by atoms with van der Waals surface area (Å²) in [5, 5.41) is 0.366. The van der Waals surface area contributed by atoms with Gasteiger partial charge in [-0.05, 0) is 57.0 Å². The van der Waals surface area contributed by atoms with E-state index in [0.29, 0.717) is 14.5 Å². The number of aromatic nitrogens is 1. The first kappa shape index (κ1) is 15.2. The van der Waals surface area contributed by atoms with Gasteiger partial charge in [-0.2, -0.15) is 0 Å². The molecule has 0 amide bonds. The van der Waals surface area contributed by atoms with Crippen LogP contribution in [0.1, 0.15) is 5.69 Å². The number of hydrogen-bond acceptors (Lipinski definition) is 4. The van der Waals surface area contributed by atoms with Crippen molar-refractivity contribution in [1.82, 2.24) is 4.98 Å². The van der Waals surface area contributed by atoms with E-state index < -0.39 is 10.0 Å². The third-order valence-electron chi connectivity index (χ3n) is 2.15. The molecule has 19 heavy (non-hydrogen) atoms. The first-order valence-electron chi connectivity index (χ1n) is 4.90. The van der Waals surface area contributed by atoms with Gasteiger partial charge in [0, 0.05) is 4.47 Å². The second kappa shape index (κ2) is 5.69. The maximum atomic E-state index is 12.1. The van der Waals surface area contributed by atoms with Gasteiger partial charge in [0.05, 0.1) is 14.5 Å². The lowest BCUT2D eigenvalue weighted by atomic mass is 10.4. The number of nitrogens with one attached hydrogen (secondary N) is 1. The van der Waals surface area contributed by atoms with E-state index >= 15 is 0 Å². The van der Waals surface area contributed by atoms with Gasteiger partial charge < -0.3 is 0 Å². The van der Waals surface area contributed by atoms with Gasteiger partial charge in [-0.3, -0.25) is 4.72 Å². The van der Waals surface area contributed by atoms with E-state index in [1.807, 2.05) is 0 Å². The van der Waals surface area contributed by atoms with E-state index in [1.54, 1.807) is 19.1 Å². The molecule has 0 radical (unpaired) electrons. The largest absolute Gasteiger partial charge is 0.272 e. The molecule has 2 aromatic heterocycles. The Kier molecular flexibility index (Phi) is 4.56. The fourth-order valence-corrected chi connectivity index (χ4v) is 4.87. The Morgan fingerprint density at radius 3 is 2.58 bits per heavy atom. The van der Waals surface area contributed by atoms with Gasteiger partial charge in [-0.25, -0.2) is 13.4 Å². The molecule has 0 unspecified atom stereocenters. The predicted molar refractivity (Wildman–Crippen MR) is 84.5 cm³/mol. The summed E-state index contributed by atoms with van der Waals surface area (Å²) in [6, 6.07) is 4.71. The zero-order valence-corrected chi connectivity index (χ0v) is 15.0. The molecule has 102 valence electrons. The van der Waals surface area contributed by atoms with Crippen LogP contribution in [0, 0.1) is 6.92 Å². The van der Waals surface area contributed by atoms with Crippen molar-refractivity contribution in [3.63, 3.8) is 0 Å². The minimum Gasteiger partial charge on any atom is -0.263 e. The molecule has 0 bridgehead atoms. The highest BCUT2D eigenvalue weighted by molar-refractivity contribution is 9.11. The highest BCUT2D eigenvalue weighted by atomic mass is 79.9. The second-order valence-corrected chi connectivity index (χ2v) is 9.10. The molecule has 0 atom stereocenters. The predicted octanol–water partition coefficient (Wildman–Crippen LogP) is 4.43. The fourth-order valence-electron chi connectivity index (χ4n) is 1.25. The van der Waals surface area contributed by atoms with Crippen molar-refractivity contribution >= 4 is 70.6 Å². The van der Waals surface area contributed by atoms with Crippen molar-refractivity contribution < 1.29 is 8.42 Å². The maximum Gasteiger partial charge on any atom is 0.272 e. The molecule has 0 saturated carbocycles. The van der Waals surface area contributed by atoms with Gasteiger partial charge in [-0.1, -0.05) is 11.6 Å². The summed E-state index contributed by atoms with van der Waals surface area (Å²) in [6.07, 6.45) is 0. The SMILES string of the molecule is Cc1nc(NS(=O)(=O)c2cc(Cl)c(Br)s2)ccc1Br. The van der Waals surface area contributed by atoms with Crippen molar-refractivity contribution in [2.75, 3.05) is 4.72 Å². The molecule has 4 nitrogen and oxygen atoms in total. The third-order valence-corrected chi connectivity index (χ3v) is 7.29. The molecule has 0 aliphatic heterocycles. The number of nitrogens with zero attached hydrogens (tertiary/aromatic N) is 1. The van der Waals surface area contributed by atoms with Crippen LogP contribution in [0.25, 0.3) is 0 Å². The molecule has 2 rings (SSSR count). The number of hydrogen-bond donors (Lipinski definition) is 1. The van der Waals surface area contributed by atoms with Gasteiger partial charge in [0.2, 0.25) is 0 Å². The summed E-state index contributed by atoms with van der Waals surface area (Å²) in [4.78, 5) is 4.14. The van der Waals surface area contributed by atoms with E-state index in [4.69, 9.17) is 11.6 Å². The number of sulfonamides is 1. The molecular weight excluding hydrogens is 440 g/mol. The highest BCUT2D eigenvalue weighted by Crippen LogP contribution is 2.35. The monoisotopic (exact) mass is 444 g/mol. The van der Waals surface area contributed by atoms with Crippen LogP contribution in [0.3, 0.4) is 0 Å². The van der Waals surface area contributed by atoms with Crippen molar-refractivity contribution in [2.24, 2.45) is 0 Å². The Bertz CT molecular complexity index is 712. The highest BCUT2D eigenvalue weighted by Gasteiger charge is 2.19. The molecule has 2 aromatic rings. The molecule has 9 heteroatoms. The number of anilines is 1. The van der Waals surface area contributed by atoms with Gasteiger partial charge >= 0.3 is 0 Å². The molecule has 2 heterocycles. The topological polar surface area (TPSA) is 59.1 Å². The first-order chi connectivity index (χ1) is 8.79. The average molecular weight is 447 g/mol. The number of halogens is 3. The smallest absolute Gasteiger partial charge is 0.263 e. The number of aryl methyl sites for hydroxylation is 1. The Morgan fingerprint density at radius 2 is 2.05 bits per heavy atom. The zero-order valence-electron chi connectivity index (χ0n) is 9.45. The first-order valence-corrected chi connectivity index (χ1v) is 9.17. The zero-order chi connectivity index (χ0) is 14.2. The van der Waals surface area contributed by atoms with E-state index in [9.17, 15) is 8.42 Å². The van der Waals surface area contributed by atoms with Gasteiger partial charge in [0.15, 0.2) is 0 Å². The van der Waals surface area contributed by atoms with Gasteiger partial charge in [0.25, 0.3) is 10.0 Å². The average Bonchev–Trinajstić information content (AvgIpc) is 2.65. The summed E-state index contributed by atoms with van der Waals surface area (Å²) in [5.74, 6) is 0.265. The Labute approximate surface area is 136 Å². The van der Waals surface area contributed by atoms with E-state index in [2.05, 4.69) is 41.6 Å². The van der Waals surface area contributed by atoms with Gasteiger partial charge in [-0.15, -0.1) is 11.3 Å². The van der Waals surface area contributed by atoms with E-state index in [1.165, 1.54) is 6.07 Å². The lowest BCUT2D eigenvalue weighted by molar-refractivity contribution is 0.603. The Balaban J connectivity index is 2.33. The molecule has 0 saturated heterocycles. The van der Waals surface area contributed by atoms with E-state index in [-0.39, 0.29) is 10.0 Å². The standard InChI is InChI=1S/C10H7Br2ClN2O2S2/c1-5-6(11)2-3-8(14-5)15-19(16,17)9-4-7(13)10(12)18-9/h2-4H,1H3,(H,14,15). The molecule has 0 aliphatic rings. The second-order valence-electron chi connectivity index (χ2n) is 3.56. The maximum absolute atomic E-state index is 12.1. The Morgan fingerprint density at radius 1 is 1.37 bits per heavy atom. The van der Waals surface area contributed by atoms with Crippen LogP contribution in [-0.4, -0.2) is 13.4 Å². The van der Waals surface area contributed by atoms with Crippen LogP contribution in [0.15, 0.2) is 30.7 Å². The molecule has 1 N–H and O–H groups in total.